The molecule has 0 aliphatic rings. The third-order valence-corrected chi connectivity index (χ3v) is 34.1. The molecule has 6 aromatic carbocycles. The SMILES string of the molecule is O=C([AsH](c1ccccc1)(c1ccccc1)c1ccccc1)[AsH](c1ccccc1)(c1ccccc1)c1ccccc1.[Cl][Rh]([Cl])[Cl]. The van der Waals surface area contributed by atoms with Gasteiger partial charge in [-0.1, -0.05) is 0 Å². The number of carbonyl (C=O) groups excluding carboxylic acids is 1. The minimum atomic E-state index is -4.05. The van der Waals surface area contributed by atoms with Crippen LogP contribution >= 0.6 is 29.1 Å². The van der Waals surface area contributed by atoms with Crippen LogP contribution in [-0.2, 0) is 13.0 Å². The molecule has 7 heteroatoms. The van der Waals surface area contributed by atoms with Crippen LogP contribution in [0.4, 0.5) is 4.79 Å². The third-order valence-electron chi connectivity index (χ3n) is 7.92. The van der Waals surface area contributed by atoms with Crippen LogP contribution in [-0.4, -0.2) is 30.5 Å². The van der Waals surface area contributed by atoms with Gasteiger partial charge in [0.05, 0.1) is 0 Å². The average molecular weight is 852 g/mol. The Morgan fingerprint density at radius 3 is 0.614 bits per heavy atom. The maximum atomic E-state index is 16.5. The number of hydrogen-bond acceptors (Lipinski definition) is 1. The van der Waals surface area contributed by atoms with E-state index in [0.29, 0.717) is 3.36 Å². The Morgan fingerprint density at radius 1 is 0.341 bits per heavy atom. The summed E-state index contributed by atoms with van der Waals surface area (Å²) in [7, 11) is 14.8. The molecule has 0 heterocycles. The molecule has 0 aliphatic heterocycles. The summed E-state index contributed by atoms with van der Waals surface area (Å²) in [5.41, 5.74) is 0. The molecule has 226 valence electrons. The molecule has 6 aromatic rings. The van der Waals surface area contributed by atoms with E-state index >= 15 is 4.79 Å². The fourth-order valence-electron chi connectivity index (χ4n) is 6.20. The van der Waals surface area contributed by atoms with Crippen molar-refractivity contribution in [2.45, 2.75) is 0 Å². The normalized spacial score (nSPS) is 12.3. The average Bonchev–Trinajstić information content (AvgIpc) is 3.08. The molecule has 0 bridgehead atoms. The van der Waals surface area contributed by atoms with Gasteiger partial charge in [-0.3, -0.25) is 0 Å². The first kappa shape index (κ1) is 33.0. The molecule has 0 saturated carbocycles. The zero-order valence-corrected chi connectivity index (χ0v) is 31.8. The molecule has 0 aliphatic carbocycles. The molecule has 1 nitrogen and oxygen atoms in total. The number of carbonyl (C=O) groups is 1. The van der Waals surface area contributed by atoms with Crippen molar-refractivity contribution < 1.29 is 17.8 Å². The summed E-state index contributed by atoms with van der Waals surface area (Å²) in [5.74, 6) is 0. The van der Waals surface area contributed by atoms with Gasteiger partial charge in [-0.25, -0.2) is 0 Å². The fraction of sp³-hybridized carbons (Fsp3) is 0. The Balaban J connectivity index is 0.000000906. The summed E-state index contributed by atoms with van der Waals surface area (Å²) in [4.78, 5) is 16.5. The summed E-state index contributed by atoms with van der Waals surface area (Å²) in [6, 6.07) is 63.8. The van der Waals surface area contributed by atoms with Crippen molar-refractivity contribution in [3.05, 3.63) is 182 Å². The minimum absolute atomic E-state index is 0.451. The summed E-state index contributed by atoms with van der Waals surface area (Å²) in [5, 5.41) is 0. The van der Waals surface area contributed by atoms with Gasteiger partial charge in [-0.05, 0) is 0 Å². The molecule has 44 heavy (non-hydrogen) atoms. The van der Waals surface area contributed by atoms with Crippen LogP contribution in [0.2, 0.25) is 0 Å². The third kappa shape index (κ3) is 6.73. The Labute approximate surface area is 282 Å². The molecule has 0 N–H and O–H groups in total. The molecular weight excluding hydrogens is 820 g/mol. The second kappa shape index (κ2) is 15.7. The summed E-state index contributed by atoms with van der Waals surface area (Å²) in [6.45, 7) is 0. The van der Waals surface area contributed by atoms with Crippen molar-refractivity contribution in [2.24, 2.45) is 0 Å². The molecule has 0 atom stereocenters. The van der Waals surface area contributed by atoms with Crippen LogP contribution in [0.15, 0.2) is 182 Å². The summed E-state index contributed by atoms with van der Waals surface area (Å²) >= 11 is -9.76. The molecule has 6 rings (SSSR count). The van der Waals surface area contributed by atoms with Crippen molar-refractivity contribution in [1.82, 2.24) is 0 Å². The molecule has 0 spiro atoms. The first-order valence-corrected chi connectivity index (χ1v) is 28.8. The van der Waals surface area contributed by atoms with Crippen LogP contribution in [0.3, 0.4) is 0 Å². The molecule has 0 unspecified atom stereocenters. The van der Waals surface area contributed by atoms with Crippen molar-refractivity contribution >= 4 is 85.6 Å². The number of halogens is 3. The van der Waals surface area contributed by atoms with E-state index in [2.05, 4.69) is 182 Å². The molecular formula is C37H32As2Cl3ORh. The zero-order chi connectivity index (χ0) is 30.8. The van der Waals surface area contributed by atoms with Crippen molar-refractivity contribution in [3.63, 3.8) is 0 Å². The van der Waals surface area contributed by atoms with Gasteiger partial charge in [0.15, 0.2) is 0 Å². The number of rotatable bonds is 8. The molecule has 0 radical (unpaired) electrons. The number of benzene rings is 6. The van der Waals surface area contributed by atoms with E-state index in [4.69, 9.17) is 29.1 Å². The molecule has 0 saturated heterocycles. The predicted octanol–water partition coefficient (Wildman–Crippen LogP) is 6.14. The van der Waals surface area contributed by atoms with Crippen LogP contribution in [0, 0.1) is 0 Å². The Morgan fingerprint density at radius 2 is 0.477 bits per heavy atom. The van der Waals surface area contributed by atoms with Crippen LogP contribution in [0.1, 0.15) is 0 Å². The van der Waals surface area contributed by atoms with Crippen molar-refractivity contribution in [2.75, 3.05) is 0 Å². The van der Waals surface area contributed by atoms with E-state index in [0.717, 1.165) is 0 Å². The summed E-state index contributed by atoms with van der Waals surface area (Å²) in [6.07, 6.45) is 0. The van der Waals surface area contributed by atoms with Gasteiger partial charge in [0.2, 0.25) is 0 Å². The monoisotopic (exact) mass is 850 g/mol. The molecule has 0 fully saturated rings. The van der Waals surface area contributed by atoms with Gasteiger partial charge in [-0.2, -0.15) is 0 Å². The Kier molecular flexibility index (Phi) is 11.8. The number of hydrogen-bond donors (Lipinski definition) is 0. The van der Waals surface area contributed by atoms with Gasteiger partial charge in [-0.15, -0.1) is 0 Å². The van der Waals surface area contributed by atoms with Crippen LogP contribution in [0.25, 0.3) is 0 Å². The zero-order valence-electron chi connectivity index (χ0n) is 23.7. The maximum absolute atomic E-state index is 16.5. The van der Waals surface area contributed by atoms with E-state index in [-0.39, 0.29) is 0 Å². The van der Waals surface area contributed by atoms with E-state index in [1.807, 2.05) is 0 Å². The van der Waals surface area contributed by atoms with E-state index in [1.54, 1.807) is 0 Å². The van der Waals surface area contributed by atoms with Gasteiger partial charge in [0.1, 0.15) is 0 Å². The van der Waals surface area contributed by atoms with Crippen LogP contribution < -0.4 is 26.1 Å². The van der Waals surface area contributed by atoms with Gasteiger partial charge in [0, 0.05) is 0 Å². The van der Waals surface area contributed by atoms with E-state index in [9.17, 15) is 0 Å². The summed E-state index contributed by atoms with van der Waals surface area (Å²) < 4.78 is 7.47. The van der Waals surface area contributed by atoms with Crippen molar-refractivity contribution in [3.8, 4) is 0 Å². The van der Waals surface area contributed by atoms with Crippen molar-refractivity contribution in [1.29, 1.82) is 0 Å². The first-order chi connectivity index (χ1) is 21.5. The predicted molar refractivity (Wildman–Crippen MR) is 194 cm³/mol. The second-order valence-corrected chi connectivity index (χ2v) is 35.3. The molecule has 0 amide bonds. The van der Waals surface area contributed by atoms with Crippen LogP contribution in [0.5, 0.6) is 0 Å². The Bertz CT molecular complexity index is 1420. The standard InChI is InChI=1S/C37H32As2O.3ClH.Rh/c40-37(38(31-19-7-1-8-20-31,32-21-9-2-10-22-32)33-23-11-3-12-24-33)39(34-25-13-4-14-26-34,35-27-15-5-16-28-35)36-29-17-6-18-30-36;;;;/h1-30,38-39H;3*1H;/q;;;;+3/p-3. The van der Waals surface area contributed by atoms with E-state index in [1.165, 1.54) is 26.1 Å². The second-order valence-electron chi connectivity index (χ2n) is 10.2. The fourth-order valence-corrected chi connectivity index (χ4v) is 39.2. The van der Waals surface area contributed by atoms with Gasteiger partial charge >= 0.3 is 285 Å². The molecule has 0 aromatic heterocycles. The quantitative estimate of drug-likeness (QED) is 0.169. The van der Waals surface area contributed by atoms with E-state index < -0.39 is 40.1 Å². The first-order valence-electron chi connectivity index (χ1n) is 14.0. The topological polar surface area (TPSA) is 17.1 Å². The Hall–Kier alpha value is -2.40. The van der Waals surface area contributed by atoms with Gasteiger partial charge in [0.25, 0.3) is 0 Å². The van der Waals surface area contributed by atoms with Gasteiger partial charge < -0.3 is 0 Å².